The number of amides is 2. The van der Waals surface area contributed by atoms with Crippen LogP contribution in [0.3, 0.4) is 0 Å². The number of hydrogen-bond acceptors (Lipinski definition) is 5. The molecule has 2 amide bonds. The molecule has 4 rings (SSSR count). The van der Waals surface area contributed by atoms with E-state index >= 15 is 0 Å². The molecular formula is C23H23F3N6O3S. The molecule has 0 bridgehead atoms. The molecule has 1 unspecified atom stereocenters. The van der Waals surface area contributed by atoms with Gasteiger partial charge in [-0.1, -0.05) is 25.1 Å². The molecule has 0 saturated carbocycles. The van der Waals surface area contributed by atoms with E-state index in [2.05, 4.69) is 9.83 Å². The molecule has 36 heavy (non-hydrogen) atoms. The maximum Gasteiger partial charge on any atom is 0.405 e. The number of carbonyl (C=O) groups is 1. The first-order valence-corrected chi connectivity index (χ1v) is 12.4. The van der Waals surface area contributed by atoms with Crippen LogP contribution in [-0.2, 0) is 10.0 Å². The van der Waals surface area contributed by atoms with Crippen LogP contribution in [0.25, 0.3) is 15.9 Å². The Balaban J connectivity index is 1.68. The normalized spacial score (nSPS) is 18.3. The maximum absolute atomic E-state index is 13.2. The Labute approximate surface area is 206 Å². The number of aromatic nitrogens is 2. The topological polar surface area (TPSA) is 91.9 Å². The first-order chi connectivity index (χ1) is 16.9. The van der Waals surface area contributed by atoms with Gasteiger partial charge in [0.05, 0.1) is 17.2 Å². The van der Waals surface area contributed by atoms with Crippen LogP contribution in [0.15, 0.2) is 53.7 Å². The van der Waals surface area contributed by atoms with Gasteiger partial charge in [0, 0.05) is 44.0 Å². The highest BCUT2D eigenvalue weighted by molar-refractivity contribution is 7.90. The van der Waals surface area contributed by atoms with Gasteiger partial charge in [0.25, 0.3) is 10.0 Å². The van der Waals surface area contributed by atoms with E-state index in [-0.39, 0.29) is 41.3 Å². The average Bonchev–Trinajstić information content (AvgIpc) is 3.45. The smallest absolute Gasteiger partial charge is 0.378 e. The van der Waals surface area contributed by atoms with Crippen molar-refractivity contribution in [3.63, 3.8) is 0 Å². The minimum Gasteiger partial charge on any atom is -0.378 e. The van der Waals surface area contributed by atoms with Crippen molar-refractivity contribution in [2.45, 2.75) is 24.0 Å². The van der Waals surface area contributed by atoms with Gasteiger partial charge in [-0.05, 0) is 24.1 Å². The molecule has 3 aromatic rings. The van der Waals surface area contributed by atoms with Gasteiger partial charge in [0.15, 0.2) is 5.65 Å². The van der Waals surface area contributed by atoms with Gasteiger partial charge >= 0.3 is 12.2 Å². The number of pyridine rings is 1. The van der Waals surface area contributed by atoms with Crippen LogP contribution >= 0.6 is 0 Å². The Hall–Kier alpha value is -3.79. The number of anilines is 1. The molecular weight excluding hydrogens is 497 g/mol. The standard InChI is InChI=1S/C23H23F3N6O3S/c1-15-12-31(22(33)29-14-23(24,25)26)13-19(15)30(3)20-17-9-10-32(21(17)28-11-18(20)27-2)36(34,35)16-7-5-4-6-8-16/h4-11,15,19H,12-14H2,1,3H3,(H,29,33)/t15-,19?/m1/s1. The van der Waals surface area contributed by atoms with Crippen molar-refractivity contribution in [1.29, 1.82) is 0 Å². The molecule has 0 aliphatic carbocycles. The lowest BCUT2D eigenvalue weighted by Crippen LogP contribution is -2.44. The van der Waals surface area contributed by atoms with Crippen molar-refractivity contribution in [1.82, 2.24) is 19.2 Å². The third-order valence-electron chi connectivity index (χ3n) is 6.20. The first-order valence-electron chi connectivity index (χ1n) is 10.9. The van der Waals surface area contributed by atoms with E-state index < -0.39 is 28.8 Å². The number of alkyl halides is 3. The number of likely N-dealkylation sites (tertiary alicyclic amines) is 1. The van der Waals surface area contributed by atoms with Crippen molar-refractivity contribution in [2.24, 2.45) is 5.92 Å². The SMILES string of the molecule is [C-]#[N+]c1cnc2c(ccn2S(=O)(=O)c2ccccc2)c1N(C)C1CN(C(=O)NCC(F)(F)F)C[C@H]1C. The summed E-state index contributed by atoms with van der Waals surface area (Å²) in [4.78, 5) is 23.2. The van der Waals surface area contributed by atoms with Gasteiger partial charge < -0.3 is 15.1 Å². The zero-order valence-electron chi connectivity index (χ0n) is 19.4. The molecule has 13 heteroatoms. The fourth-order valence-corrected chi connectivity index (χ4v) is 5.79. The predicted octanol–water partition coefficient (Wildman–Crippen LogP) is 3.85. The molecule has 1 aliphatic heterocycles. The molecule has 1 saturated heterocycles. The molecule has 190 valence electrons. The van der Waals surface area contributed by atoms with Gasteiger partial charge in [-0.3, -0.25) is 0 Å². The van der Waals surface area contributed by atoms with Crippen LogP contribution in [0.4, 0.5) is 29.3 Å². The molecule has 3 heterocycles. The van der Waals surface area contributed by atoms with Crippen LogP contribution < -0.4 is 10.2 Å². The number of hydrogen-bond donors (Lipinski definition) is 1. The molecule has 2 atom stereocenters. The number of urea groups is 1. The minimum atomic E-state index is -4.52. The summed E-state index contributed by atoms with van der Waals surface area (Å²) >= 11 is 0. The third kappa shape index (κ3) is 4.68. The lowest BCUT2D eigenvalue weighted by atomic mass is 10.0. The minimum absolute atomic E-state index is 0.0818. The highest BCUT2D eigenvalue weighted by atomic mass is 32.2. The van der Waals surface area contributed by atoms with Crippen LogP contribution in [-0.4, -0.2) is 67.2 Å². The number of carbonyl (C=O) groups excluding carboxylic acids is 1. The van der Waals surface area contributed by atoms with Crippen LogP contribution in [0.1, 0.15) is 6.92 Å². The molecule has 0 radical (unpaired) electrons. The summed E-state index contributed by atoms with van der Waals surface area (Å²) in [6.07, 6.45) is -1.84. The van der Waals surface area contributed by atoms with E-state index in [1.165, 1.54) is 29.4 Å². The monoisotopic (exact) mass is 520 g/mol. The number of rotatable bonds is 5. The van der Waals surface area contributed by atoms with Crippen LogP contribution in [0, 0.1) is 12.5 Å². The van der Waals surface area contributed by atoms with Crippen molar-refractivity contribution >= 4 is 38.5 Å². The second-order valence-electron chi connectivity index (χ2n) is 8.61. The largest absolute Gasteiger partial charge is 0.405 e. The Morgan fingerprint density at radius 3 is 2.58 bits per heavy atom. The second-order valence-corrected chi connectivity index (χ2v) is 10.4. The van der Waals surface area contributed by atoms with E-state index in [1.807, 2.05) is 12.2 Å². The van der Waals surface area contributed by atoms with Crippen molar-refractivity contribution < 1.29 is 26.4 Å². The van der Waals surface area contributed by atoms with Crippen LogP contribution in [0.5, 0.6) is 0 Å². The molecule has 1 N–H and O–H groups in total. The molecule has 1 fully saturated rings. The van der Waals surface area contributed by atoms with E-state index in [0.717, 1.165) is 3.97 Å². The van der Waals surface area contributed by atoms with Gasteiger partial charge in [-0.25, -0.2) is 27.0 Å². The number of halogens is 3. The second kappa shape index (κ2) is 9.34. The van der Waals surface area contributed by atoms with Crippen molar-refractivity contribution in [2.75, 3.05) is 31.6 Å². The van der Waals surface area contributed by atoms with E-state index in [0.29, 0.717) is 11.1 Å². The molecule has 0 spiro atoms. The molecule has 1 aromatic carbocycles. The Kier molecular flexibility index (Phi) is 6.57. The summed E-state index contributed by atoms with van der Waals surface area (Å²) in [7, 11) is -2.23. The van der Waals surface area contributed by atoms with Gasteiger partial charge in [-0.15, -0.1) is 0 Å². The molecule has 2 aromatic heterocycles. The van der Waals surface area contributed by atoms with Crippen molar-refractivity contribution in [3.8, 4) is 0 Å². The zero-order chi connectivity index (χ0) is 26.3. The van der Waals surface area contributed by atoms with Gasteiger partial charge in [0.2, 0.25) is 5.69 Å². The zero-order valence-corrected chi connectivity index (χ0v) is 20.2. The van der Waals surface area contributed by atoms with Crippen LogP contribution in [0.2, 0.25) is 0 Å². The first kappa shape index (κ1) is 25.3. The number of fused-ring (bicyclic) bond motifs is 1. The Bertz CT molecular complexity index is 1430. The third-order valence-corrected chi connectivity index (χ3v) is 7.88. The summed E-state index contributed by atoms with van der Waals surface area (Å²) in [5.74, 6) is -0.136. The highest BCUT2D eigenvalue weighted by Crippen LogP contribution is 2.39. The summed E-state index contributed by atoms with van der Waals surface area (Å²) in [6.45, 7) is 8.41. The fourth-order valence-electron chi connectivity index (χ4n) is 4.46. The maximum atomic E-state index is 13.2. The number of likely N-dealkylation sites (N-methyl/N-ethyl adjacent to an activating group) is 1. The fraction of sp³-hybridized carbons (Fsp3) is 0.348. The van der Waals surface area contributed by atoms with E-state index in [9.17, 15) is 26.4 Å². The summed E-state index contributed by atoms with van der Waals surface area (Å²) in [5.41, 5.74) is 0.761. The highest BCUT2D eigenvalue weighted by Gasteiger charge is 2.38. The number of nitrogens with zero attached hydrogens (tertiary/aromatic N) is 5. The number of nitrogens with one attached hydrogen (secondary N) is 1. The van der Waals surface area contributed by atoms with E-state index in [1.54, 1.807) is 36.2 Å². The summed E-state index contributed by atoms with van der Waals surface area (Å²) in [6, 6.07) is 8.29. The molecule has 1 aliphatic rings. The van der Waals surface area contributed by atoms with Gasteiger partial charge in [-0.2, -0.15) is 13.2 Å². The summed E-state index contributed by atoms with van der Waals surface area (Å²) in [5, 5.41) is 2.32. The summed E-state index contributed by atoms with van der Waals surface area (Å²) < 4.78 is 65.0. The van der Waals surface area contributed by atoms with Gasteiger partial charge in [0.1, 0.15) is 6.54 Å². The average molecular weight is 521 g/mol. The van der Waals surface area contributed by atoms with E-state index in [4.69, 9.17) is 6.57 Å². The Morgan fingerprint density at radius 1 is 1.25 bits per heavy atom. The molecule has 9 nitrogen and oxygen atoms in total. The Morgan fingerprint density at radius 2 is 1.94 bits per heavy atom. The lowest BCUT2D eigenvalue weighted by molar-refractivity contribution is -0.123. The lowest BCUT2D eigenvalue weighted by Gasteiger charge is -2.31. The van der Waals surface area contributed by atoms with Crippen molar-refractivity contribution in [3.05, 3.63) is 60.2 Å². The predicted molar refractivity (Wildman–Crippen MR) is 127 cm³/mol. The number of benzene rings is 1. The quantitative estimate of drug-likeness (QED) is 0.516.